The molecule has 0 saturated carbocycles. The first-order valence-electron chi connectivity index (χ1n) is 6.83. The molecule has 0 aliphatic carbocycles. The van der Waals surface area contributed by atoms with Crippen LogP contribution in [0.15, 0.2) is 54.6 Å². The quantitative estimate of drug-likeness (QED) is 0.873. The summed E-state index contributed by atoms with van der Waals surface area (Å²) < 4.78 is 11.2. The first-order chi connectivity index (χ1) is 9.70. The molecule has 1 N–H and O–H groups in total. The Hall–Kier alpha value is -2.00. The van der Waals surface area contributed by atoms with Gasteiger partial charge in [-0.2, -0.15) is 0 Å². The molecule has 20 heavy (non-hydrogen) atoms. The van der Waals surface area contributed by atoms with Crippen LogP contribution in [0, 0.1) is 0 Å². The second-order valence-electron chi connectivity index (χ2n) is 4.59. The van der Waals surface area contributed by atoms with Crippen molar-refractivity contribution in [3.05, 3.63) is 60.2 Å². The van der Waals surface area contributed by atoms with E-state index in [0.29, 0.717) is 12.4 Å². The van der Waals surface area contributed by atoms with Crippen LogP contribution in [0.25, 0.3) is 0 Å². The third kappa shape index (κ3) is 3.75. The predicted molar refractivity (Wildman–Crippen MR) is 79.1 cm³/mol. The maximum atomic E-state index is 10.3. The molecule has 0 bridgehead atoms. The Morgan fingerprint density at radius 3 is 2.40 bits per heavy atom. The molecule has 0 amide bonds. The molecule has 0 heterocycles. The standard InChI is InChI=1S/C17H20O3/c1-3-19-15-10-7-11-16(12-15)20-13(2)17(18)14-8-5-4-6-9-14/h4-13,17-18H,3H2,1-2H3. The number of hydrogen-bond acceptors (Lipinski definition) is 3. The summed E-state index contributed by atoms with van der Waals surface area (Å²) in [7, 11) is 0. The summed E-state index contributed by atoms with van der Waals surface area (Å²) in [5.41, 5.74) is 0.848. The number of rotatable bonds is 6. The summed E-state index contributed by atoms with van der Waals surface area (Å²) >= 11 is 0. The molecule has 106 valence electrons. The molecule has 2 atom stereocenters. The van der Waals surface area contributed by atoms with Crippen LogP contribution in [-0.2, 0) is 0 Å². The minimum absolute atomic E-state index is 0.339. The van der Waals surface area contributed by atoms with Crippen molar-refractivity contribution >= 4 is 0 Å². The van der Waals surface area contributed by atoms with E-state index in [2.05, 4.69) is 0 Å². The van der Waals surface area contributed by atoms with E-state index in [0.717, 1.165) is 11.3 Å². The summed E-state index contributed by atoms with van der Waals surface area (Å²) in [6, 6.07) is 17.0. The van der Waals surface area contributed by atoms with Gasteiger partial charge in [0, 0.05) is 6.07 Å². The zero-order valence-corrected chi connectivity index (χ0v) is 11.8. The smallest absolute Gasteiger partial charge is 0.126 e. The molecule has 2 aromatic carbocycles. The lowest BCUT2D eigenvalue weighted by molar-refractivity contribution is 0.0466. The van der Waals surface area contributed by atoms with E-state index in [9.17, 15) is 5.11 Å². The van der Waals surface area contributed by atoms with Crippen molar-refractivity contribution < 1.29 is 14.6 Å². The predicted octanol–water partition coefficient (Wildman–Crippen LogP) is 3.59. The van der Waals surface area contributed by atoms with Crippen LogP contribution >= 0.6 is 0 Å². The van der Waals surface area contributed by atoms with E-state index in [4.69, 9.17) is 9.47 Å². The van der Waals surface area contributed by atoms with Gasteiger partial charge in [-0.3, -0.25) is 0 Å². The van der Waals surface area contributed by atoms with Crippen molar-refractivity contribution in [1.82, 2.24) is 0 Å². The Balaban J connectivity index is 2.04. The molecule has 2 rings (SSSR count). The van der Waals surface area contributed by atoms with Gasteiger partial charge in [-0.25, -0.2) is 0 Å². The van der Waals surface area contributed by atoms with Crippen LogP contribution in [0.3, 0.4) is 0 Å². The molecule has 0 aliphatic rings. The highest BCUT2D eigenvalue weighted by Gasteiger charge is 2.17. The first-order valence-corrected chi connectivity index (χ1v) is 6.83. The van der Waals surface area contributed by atoms with E-state index in [1.807, 2.05) is 68.4 Å². The van der Waals surface area contributed by atoms with Crippen LogP contribution in [-0.4, -0.2) is 17.8 Å². The Morgan fingerprint density at radius 1 is 1.00 bits per heavy atom. The molecule has 0 spiro atoms. The topological polar surface area (TPSA) is 38.7 Å². The Labute approximate surface area is 119 Å². The second kappa shape index (κ2) is 6.96. The van der Waals surface area contributed by atoms with Gasteiger partial charge in [-0.15, -0.1) is 0 Å². The summed E-state index contributed by atoms with van der Waals surface area (Å²) in [4.78, 5) is 0. The van der Waals surface area contributed by atoms with Gasteiger partial charge < -0.3 is 14.6 Å². The van der Waals surface area contributed by atoms with E-state index >= 15 is 0 Å². The van der Waals surface area contributed by atoms with Gasteiger partial charge in [0.05, 0.1) is 6.61 Å². The van der Waals surface area contributed by atoms with Gasteiger partial charge in [-0.1, -0.05) is 36.4 Å². The molecular formula is C17H20O3. The number of aliphatic hydroxyl groups is 1. The lowest BCUT2D eigenvalue weighted by Crippen LogP contribution is -2.21. The SMILES string of the molecule is CCOc1cccc(OC(C)C(O)c2ccccc2)c1. The Kier molecular flexibility index (Phi) is 5.02. The zero-order chi connectivity index (χ0) is 14.4. The normalized spacial score (nSPS) is 13.6. The van der Waals surface area contributed by atoms with Crippen molar-refractivity contribution in [2.45, 2.75) is 26.1 Å². The molecule has 0 radical (unpaired) electrons. The molecule has 2 unspecified atom stereocenters. The number of benzene rings is 2. The van der Waals surface area contributed by atoms with Crippen molar-refractivity contribution in [3.63, 3.8) is 0 Å². The highest BCUT2D eigenvalue weighted by atomic mass is 16.5. The van der Waals surface area contributed by atoms with Crippen molar-refractivity contribution in [1.29, 1.82) is 0 Å². The van der Waals surface area contributed by atoms with Crippen molar-refractivity contribution in [3.8, 4) is 11.5 Å². The monoisotopic (exact) mass is 272 g/mol. The average Bonchev–Trinajstić information content (AvgIpc) is 2.48. The third-order valence-corrected chi connectivity index (χ3v) is 3.02. The van der Waals surface area contributed by atoms with Crippen molar-refractivity contribution in [2.24, 2.45) is 0 Å². The highest BCUT2D eigenvalue weighted by Crippen LogP contribution is 2.24. The summed E-state index contributed by atoms with van der Waals surface area (Å²) in [6.45, 7) is 4.41. The summed E-state index contributed by atoms with van der Waals surface area (Å²) in [5, 5.41) is 10.3. The fourth-order valence-corrected chi connectivity index (χ4v) is 2.00. The first kappa shape index (κ1) is 14.4. The minimum atomic E-state index is -0.660. The number of ether oxygens (including phenoxy) is 2. The van der Waals surface area contributed by atoms with Crippen LogP contribution in [0.4, 0.5) is 0 Å². The maximum absolute atomic E-state index is 10.3. The molecule has 0 fully saturated rings. The molecule has 0 aliphatic heterocycles. The summed E-state index contributed by atoms with van der Waals surface area (Å²) in [5.74, 6) is 1.46. The van der Waals surface area contributed by atoms with E-state index in [-0.39, 0.29) is 6.10 Å². The van der Waals surface area contributed by atoms with Gasteiger partial charge in [0.15, 0.2) is 0 Å². The van der Waals surface area contributed by atoms with Crippen LogP contribution in [0.2, 0.25) is 0 Å². The molecule has 0 aromatic heterocycles. The van der Waals surface area contributed by atoms with Crippen LogP contribution in [0.5, 0.6) is 11.5 Å². The van der Waals surface area contributed by atoms with Gasteiger partial charge >= 0.3 is 0 Å². The van der Waals surface area contributed by atoms with Gasteiger partial charge in [0.1, 0.15) is 23.7 Å². The summed E-state index contributed by atoms with van der Waals surface area (Å²) in [6.07, 6.45) is -0.999. The molecule has 3 heteroatoms. The molecular weight excluding hydrogens is 252 g/mol. The average molecular weight is 272 g/mol. The lowest BCUT2D eigenvalue weighted by atomic mass is 10.1. The third-order valence-electron chi connectivity index (χ3n) is 3.02. The van der Waals surface area contributed by atoms with Gasteiger partial charge in [-0.05, 0) is 31.5 Å². The molecule has 0 saturated heterocycles. The molecule has 3 nitrogen and oxygen atoms in total. The maximum Gasteiger partial charge on any atom is 0.126 e. The fourth-order valence-electron chi connectivity index (χ4n) is 2.00. The Morgan fingerprint density at radius 2 is 1.70 bits per heavy atom. The highest BCUT2D eigenvalue weighted by molar-refractivity contribution is 5.33. The largest absolute Gasteiger partial charge is 0.494 e. The molecule has 2 aromatic rings. The second-order valence-corrected chi connectivity index (χ2v) is 4.59. The van der Waals surface area contributed by atoms with Crippen LogP contribution < -0.4 is 9.47 Å². The van der Waals surface area contributed by atoms with Crippen LogP contribution in [0.1, 0.15) is 25.5 Å². The fraction of sp³-hybridized carbons (Fsp3) is 0.294. The Bertz CT molecular complexity index is 525. The zero-order valence-electron chi connectivity index (χ0n) is 11.8. The van der Waals surface area contributed by atoms with Crippen molar-refractivity contribution in [2.75, 3.05) is 6.61 Å². The number of hydrogen-bond donors (Lipinski definition) is 1. The van der Waals surface area contributed by atoms with Gasteiger partial charge in [0.25, 0.3) is 0 Å². The van der Waals surface area contributed by atoms with E-state index in [1.54, 1.807) is 0 Å². The number of aliphatic hydroxyl groups excluding tert-OH is 1. The van der Waals surface area contributed by atoms with Gasteiger partial charge in [0.2, 0.25) is 0 Å². The lowest BCUT2D eigenvalue weighted by Gasteiger charge is -2.21. The van der Waals surface area contributed by atoms with E-state index in [1.165, 1.54) is 0 Å². The van der Waals surface area contributed by atoms with E-state index < -0.39 is 6.10 Å². The minimum Gasteiger partial charge on any atom is -0.494 e.